The lowest BCUT2D eigenvalue weighted by molar-refractivity contribution is -0.132. The van der Waals surface area contributed by atoms with E-state index in [1.165, 1.54) is 0 Å². The van der Waals surface area contributed by atoms with Crippen molar-refractivity contribution in [1.29, 1.82) is 0 Å². The third kappa shape index (κ3) is 5.39. The van der Waals surface area contributed by atoms with Gasteiger partial charge in [0.05, 0.1) is 12.7 Å². The molecule has 24 heavy (non-hydrogen) atoms. The first-order chi connectivity index (χ1) is 11.5. The topological polar surface area (TPSA) is 76.0 Å². The number of aliphatic hydroxyl groups excluding tert-OH is 2. The lowest BCUT2D eigenvalue weighted by Crippen LogP contribution is -2.49. The molecule has 0 spiro atoms. The molecule has 1 fully saturated rings. The van der Waals surface area contributed by atoms with Crippen molar-refractivity contribution >= 4 is 17.3 Å². The molecule has 134 valence electrons. The Balaban J connectivity index is 1.82. The fourth-order valence-corrected chi connectivity index (χ4v) is 2.78. The van der Waals surface area contributed by atoms with Crippen molar-refractivity contribution in [2.24, 2.45) is 5.92 Å². The Morgan fingerprint density at radius 3 is 2.33 bits per heavy atom. The van der Waals surface area contributed by atoms with Crippen LogP contribution in [0.3, 0.4) is 0 Å². The van der Waals surface area contributed by atoms with Gasteiger partial charge in [0, 0.05) is 50.5 Å². The molecule has 1 unspecified atom stereocenters. The SMILES string of the molecule is CC(C)CC(=O)N1CCN(c2ccc(NCC(O)CO)cc2)CC1. The van der Waals surface area contributed by atoms with E-state index in [0.29, 0.717) is 18.9 Å². The first-order valence-electron chi connectivity index (χ1n) is 8.65. The highest BCUT2D eigenvalue weighted by Gasteiger charge is 2.21. The average molecular weight is 335 g/mol. The number of nitrogens with zero attached hydrogens (tertiary/aromatic N) is 2. The van der Waals surface area contributed by atoms with E-state index in [1.807, 2.05) is 29.2 Å². The smallest absolute Gasteiger partial charge is 0.222 e. The Morgan fingerprint density at radius 1 is 1.17 bits per heavy atom. The van der Waals surface area contributed by atoms with E-state index in [9.17, 15) is 9.90 Å². The molecule has 0 radical (unpaired) electrons. The number of carbonyl (C=O) groups is 1. The largest absolute Gasteiger partial charge is 0.394 e. The number of rotatable bonds is 7. The van der Waals surface area contributed by atoms with Gasteiger partial charge in [-0.1, -0.05) is 13.8 Å². The summed E-state index contributed by atoms with van der Waals surface area (Å²) in [7, 11) is 0. The molecule has 1 aromatic rings. The third-order valence-corrected chi connectivity index (χ3v) is 4.20. The van der Waals surface area contributed by atoms with Gasteiger partial charge in [0.15, 0.2) is 0 Å². The van der Waals surface area contributed by atoms with E-state index in [1.54, 1.807) is 0 Å². The number of hydrogen-bond donors (Lipinski definition) is 3. The lowest BCUT2D eigenvalue weighted by Gasteiger charge is -2.36. The van der Waals surface area contributed by atoms with Crippen LogP contribution < -0.4 is 10.2 Å². The van der Waals surface area contributed by atoms with Crippen LogP contribution in [0.5, 0.6) is 0 Å². The summed E-state index contributed by atoms with van der Waals surface area (Å²) in [4.78, 5) is 16.4. The Labute approximate surface area is 144 Å². The van der Waals surface area contributed by atoms with Gasteiger partial charge < -0.3 is 25.3 Å². The van der Waals surface area contributed by atoms with Gasteiger partial charge in [-0.2, -0.15) is 0 Å². The van der Waals surface area contributed by atoms with E-state index in [0.717, 1.165) is 37.6 Å². The van der Waals surface area contributed by atoms with Crippen molar-refractivity contribution < 1.29 is 15.0 Å². The molecular weight excluding hydrogens is 306 g/mol. The summed E-state index contributed by atoms with van der Waals surface area (Å²) in [6.07, 6.45) is -0.124. The van der Waals surface area contributed by atoms with Gasteiger partial charge in [0.25, 0.3) is 0 Å². The molecule has 0 aliphatic carbocycles. The van der Waals surface area contributed by atoms with Crippen LogP contribution in [0.4, 0.5) is 11.4 Å². The normalized spacial score (nSPS) is 16.4. The fourth-order valence-electron chi connectivity index (χ4n) is 2.78. The maximum Gasteiger partial charge on any atom is 0.222 e. The molecule has 1 saturated heterocycles. The van der Waals surface area contributed by atoms with Crippen molar-refractivity contribution in [2.45, 2.75) is 26.4 Å². The number of carbonyl (C=O) groups excluding carboxylic acids is 1. The predicted molar refractivity (Wildman–Crippen MR) is 96.3 cm³/mol. The van der Waals surface area contributed by atoms with Gasteiger partial charge in [-0.3, -0.25) is 4.79 Å². The van der Waals surface area contributed by atoms with E-state index in [2.05, 4.69) is 24.1 Å². The third-order valence-electron chi connectivity index (χ3n) is 4.20. The summed E-state index contributed by atoms with van der Waals surface area (Å²) >= 11 is 0. The zero-order valence-corrected chi connectivity index (χ0v) is 14.6. The Hall–Kier alpha value is -1.79. The molecule has 1 amide bonds. The van der Waals surface area contributed by atoms with Crippen LogP contribution in [0.25, 0.3) is 0 Å². The molecule has 6 nitrogen and oxygen atoms in total. The molecular formula is C18H29N3O3. The highest BCUT2D eigenvalue weighted by atomic mass is 16.3. The van der Waals surface area contributed by atoms with E-state index in [4.69, 9.17) is 5.11 Å². The summed E-state index contributed by atoms with van der Waals surface area (Å²) < 4.78 is 0. The van der Waals surface area contributed by atoms with Gasteiger partial charge in [-0.25, -0.2) is 0 Å². The number of hydrogen-bond acceptors (Lipinski definition) is 5. The van der Waals surface area contributed by atoms with Crippen molar-refractivity contribution in [3.63, 3.8) is 0 Å². The van der Waals surface area contributed by atoms with Gasteiger partial charge in [-0.15, -0.1) is 0 Å². The van der Waals surface area contributed by atoms with Gasteiger partial charge >= 0.3 is 0 Å². The lowest BCUT2D eigenvalue weighted by atomic mass is 10.1. The Kier molecular flexibility index (Phi) is 6.87. The molecule has 2 rings (SSSR count). The summed E-state index contributed by atoms with van der Waals surface area (Å²) in [5.41, 5.74) is 2.05. The molecule has 0 aromatic heterocycles. The number of anilines is 2. The number of amides is 1. The van der Waals surface area contributed by atoms with Crippen molar-refractivity contribution in [2.75, 3.05) is 49.5 Å². The summed E-state index contributed by atoms with van der Waals surface area (Å²) in [6, 6.07) is 8.02. The monoisotopic (exact) mass is 335 g/mol. The minimum absolute atomic E-state index is 0.245. The highest BCUT2D eigenvalue weighted by Crippen LogP contribution is 2.20. The second-order valence-corrected chi connectivity index (χ2v) is 6.73. The Morgan fingerprint density at radius 2 is 1.79 bits per heavy atom. The van der Waals surface area contributed by atoms with Crippen molar-refractivity contribution in [3.8, 4) is 0 Å². The molecule has 6 heteroatoms. The van der Waals surface area contributed by atoms with Gasteiger partial charge in [0.2, 0.25) is 5.91 Å². The number of piperazine rings is 1. The summed E-state index contributed by atoms with van der Waals surface area (Å²) in [6.45, 7) is 7.46. The minimum Gasteiger partial charge on any atom is -0.394 e. The van der Waals surface area contributed by atoms with Crippen molar-refractivity contribution in [1.82, 2.24) is 4.90 Å². The van der Waals surface area contributed by atoms with Gasteiger partial charge in [0.1, 0.15) is 0 Å². The molecule has 1 heterocycles. The molecule has 1 aliphatic rings. The summed E-state index contributed by atoms with van der Waals surface area (Å²) in [5.74, 6) is 0.659. The molecule has 0 saturated carbocycles. The van der Waals surface area contributed by atoms with Crippen LogP contribution in [0, 0.1) is 5.92 Å². The maximum atomic E-state index is 12.1. The van der Waals surface area contributed by atoms with E-state index >= 15 is 0 Å². The van der Waals surface area contributed by atoms with Crippen molar-refractivity contribution in [3.05, 3.63) is 24.3 Å². The second kappa shape index (κ2) is 8.89. The summed E-state index contributed by atoms with van der Waals surface area (Å²) in [5, 5.41) is 21.2. The van der Waals surface area contributed by atoms with Crippen LogP contribution in [0.2, 0.25) is 0 Å². The van der Waals surface area contributed by atoms with Crippen LogP contribution in [0.1, 0.15) is 20.3 Å². The second-order valence-electron chi connectivity index (χ2n) is 6.73. The first-order valence-corrected chi connectivity index (χ1v) is 8.65. The van der Waals surface area contributed by atoms with E-state index < -0.39 is 6.10 Å². The van der Waals surface area contributed by atoms with Crippen LogP contribution in [0.15, 0.2) is 24.3 Å². The quantitative estimate of drug-likeness (QED) is 0.697. The number of aliphatic hydroxyl groups is 2. The Bertz CT molecular complexity index is 511. The van der Waals surface area contributed by atoms with Crippen LogP contribution in [-0.2, 0) is 4.79 Å². The average Bonchev–Trinajstić information content (AvgIpc) is 2.59. The first kappa shape index (κ1) is 18.5. The molecule has 1 aliphatic heterocycles. The van der Waals surface area contributed by atoms with Crippen LogP contribution in [-0.4, -0.2) is 66.5 Å². The van der Waals surface area contributed by atoms with Gasteiger partial charge in [-0.05, 0) is 30.2 Å². The zero-order valence-electron chi connectivity index (χ0n) is 14.6. The number of nitrogens with one attached hydrogen (secondary N) is 1. The fraction of sp³-hybridized carbons (Fsp3) is 0.611. The molecule has 1 aromatic carbocycles. The standard InChI is InChI=1S/C18H29N3O3/c1-14(2)11-18(24)21-9-7-20(8-10-21)16-5-3-15(4-6-16)19-12-17(23)13-22/h3-6,14,17,19,22-23H,7-13H2,1-2H3. The zero-order chi connectivity index (χ0) is 17.5. The highest BCUT2D eigenvalue weighted by molar-refractivity contribution is 5.76. The molecule has 3 N–H and O–H groups in total. The van der Waals surface area contributed by atoms with Crippen LogP contribution >= 0.6 is 0 Å². The van der Waals surface area contributed by atoms with E-state index in [-0.39, 0.29) is 12.5 Å². The number of benzene rings is 1. The maximum absolute atomic E-state index is 12.1. The molecule has 1 atom stereocenters. The molecule has 0 bridgehead atoms. The minimum atomic E-state index is -0.749. The predicted octanol–water partition coefficient (Wildman–Crippen LogP) is 1.15.